The molecule has 2 fully saturated rings. The van der Waals surface area contributed by atoms with Crippen LogP contribution in [0.1, 0.15) is 0 Å². The molecule has 10 nitrogen and oxygen atoms in total. The zero-order valence-corrected chi connectivity index (χ0v) is 21.1. The Morgan fingerprint density at radius 1 is 0.676 bits per heavy atom. The first-order valence-corrected chi connectivity index (χ1v) is 13.0. The minimum atomic E-state index is -0.0987. The molecule has 10 heteroatoms. The number of aromatic nitrogens is 3. The van der Waals surface area contributed by atoms with Gasteiger partial charge in [-0.2, -0.15) is 0 Å². The Kier molecular flexibility index (Phi) is 8.10. The van der Waals surface area contributed by atoms with Gasteiger partial charge in [0.2, 0.25) is 0 Å². The highest BCUT2D eigenvalue weighted by Gasteiger charge is 2.19. The fraction of sp³-hybridized carbons (Fsp3) is 0.444. The zero-order chi connectivity index (χ0) is 25.6. The summed E-state index contributed by atoms with van der Waals surface area (Å²) < 4.78 is 0. The van der Waals surface area contributed by atoms with Crippen LogP contribution in [0.25, 0.3) is 22.8 Å². The van der Waals surface area contributed by atoms with E-state index < -0.39 is 0 Å². The van der Waals surface area contributed by atoms with E-state index in [2.05, 4.69) is 34.6 Å². The molecule has 0 spiro atoms. The van der Waals surface area contributed by atoms with E-state index in [9.17, 15) is 15.0 Å². The summed E-state index contributed by atoms with van der Waals surface area (Å²) in [5.74, 6) is 0. The average molecular weight is 506 g/mol. The summed E-state index contributed by atoms with van der Waals surface area (Å²) in [5, 5.41) is 18.4. The van der Waals surface area contributed by atoms with E-state index in [0.717, 1.165) is 63.7 Å². The third-order valence-electron chi connectivity index (χ3n) is 7.19. The van der Waals surface area contributed by atoms with E-state index in [1.807, 2.05) is 24.3 Å². The molecule has 0 aromatic carbocycles. The van der Waals surface area contributed by atoms with Gasteiger partial charge in [0.05, 0.1) is 36.0 Å². The quantitative estimate of drug-likeness (QED) is 0.408. The number of piperazine rings is 2. The Morgan fingerprint density at radius 3 is 1.51 bits per heavy atom. The van der Waals surface area contributed by atoms with Crippen molar-refractivity contribution in [3.63, 3.8) is 0 Å². The first-order chi connectivity index (χ1) is 18.1. The number of β-amino-alcohol motifs (C(OH)–C–C–N with tert-alkyl or cyclic N) is 2. The standard InChI is InChI=1S/C27H35N7O3/c35-15-13-31-5-9-33(10-6-31)21-1-3-28-24(17-21)26-19-23(37)20-27(30-26)25-18-22(2-4-29-25)34-11-7-32(8-12-34)14-16-36/h1-4,17-20,35-36H,5-16H2,(H,30,37). The number of hydrogen-bond acceptors (Lipinski definition) is 9. The van der Waals surface area contributed by atoms with E-state index in [1.54, 1.807) is 24.5 Å². The van der Waals surface area contributed by atoms with Crippen LogP contribution in [0.4, 0.5) is 11.4 Å². The molecule has 0 aliphatic carbocycles. The Balaban J connectivity index is 1.35. The van der Waals surface area contributed by atoms with Crippen LogP contribution in [0.15, 0.2) is 53.6 Å². The number of aliphatic hydroxyl groups is 2. The molecule has 0 amide bonds. The number of aromatic amines is 1. The molecule has 0 saturated carbocycles. The Morgan fingerprint density at radius 2 is 1.11 bits per heavy atom. The summed E-state index contributed by atoms with van der Waals surface area (Å²) >= 11 is 0. The molecule has 196 valence electrons. The maximum atomic E-state index is 12.7. The van der Waals surface area contributed by atoms with Gasteiger partial charge in [0.25, 0.3) is 0 Å². The highest BCUT2D eigenvalue weighted by Crippen LogP contribution is 2.25. The summed E-state index contributed by atoms with van der Waals surface area (Å²) in [5.41, 5.74) is 4.79. The van der Waals surface area contributed by atoms with Gasteiger partial charge in [0.1, 0.15) is 0 Å². The number of H-pyrrole nitrogens is 1. The van der Waals surface area contributed by atoms with Crippen molar-refractivity contribution < 1.29 is 10.2 Å². The van der Waals surface area contributed by atoms with Crippen molar-refractivity contribution in [2.45, 2.75) is 0 Å². The molecular formula is C27H35N7O3. The van der Waals surface area contributed by atoms with Gasteiger partial charge in [-0.25, -0.2) is 0 Å². The minimum absolute atomic E-state index is 0.0987. The lowest BCUT2D eigenvalue weighted by Crippen LogP contribution is -2.47. The molecule has 0 radical (unpaired) electrons. The van der Waals surface area contributed by atoms with Gasteiger partial charge in [0, 0.05) is 101 Å². The summed E-state index contributed by atoms with van der Waals surface area (Å²) in [6.45, 7) is 8.92. The molecule has 2 saturated heterocycles. The lowest BCUT2D eigenvalue weighted by atomic mass is 10.1. The maximum Gasteiger partial charge on any atom is 0.182 e. The zero-order valence-electron chi connectivity index (χ0n) is 21.1. The minimum Gasteiger partial charge on any atom is -0.395 e. The lowest BCUT2D eigenvalue weighted by Gasteiger charge is -2.35. The van der Waals surface area contributed by atoms with Gasteiger partial charge in [0.15, 0.2) is 5.43 Å². The summed E-state index contributed by atoms with van der Waals surface area (Å²) in [4.78, 5) is 34.3. The van der Waals surface area contributed by atoms with Crippen molar-refractivity contribution in [3.8, 4) is 22.8 Å². The van der Waals surface area contributed by atoms with Crippen molar-refractivity contribution in [2.24, 2.45) is 0 Å². The van der Waals surface area contributed by atoms with E-state index in [0.29, 0.717) is 35.9 Å². The Hall–Kier alpha value is -3.31. The maximum absolute atomic E-state index is 12.7. The topological polar surface area (TPSA) is 112 Å². The molecule has 5 heterocycles. The third-order valence-corrected chi connectivity index (χ3v) is 7.19. The fourth-order valence-electron chi connectivity index (χ4n) is 5.09. The van der Waals surface area contributed by atoms with E-state index in [4.69, 9.17) is 0 Å². The molecule has 3 aromatic rings. The van der Waals surface area contributed by atoms with Gasteiger partial charge >= 0.3 is 0 Å². The molecule has 2 aliphatic heterocycles. The van der Waals surface area contributed by atoms with E-state index in [-0.39, 0.29) is 18.6 Å². The van der Waals surface area contributed by atoms with Crippen molar-refractivity contribution in [1.82, 2.24) is 24.8 Å². The number of aliphatic hydroxyl groups excluding tert-OH is 2. The molecule has 0 bridgehead atoms. The van der Waals surface area contributed by atoms with Crippen molar-refractivity contribution in [2.75, 3.05) is 88.5 Å². The number of anilines is 2. The smallest absolute Gasteiger partial charge is 0.182 e. The fourth-order valence-corrected chi connectivity index (χ4v) is 5.09. The molecule has 5 rings (SSSR count). The summed E-state index contributed by atoms with van der Waals surface area (Å²) in [6, 6.07) is 11.2. The first kappa shape index (κ1) is 25.3. The van der Waals surface area contributed by atoms with Crippen molar-refractivity contribution in [1.29, 1.82) is 0 Å². The third kappa shape index (κ3) is 6.16. The molecule has 0 unspecified atom stereocenters. The number of nitrogens with one attached hydrogen (secondary N) is 1. The molecule has 3 aromatic heterocycles. The van der Waals surface area contributed by atoms with Crippen molar-refractivity contribution >= 4 is 11.4 Å². The van der Waals surface area contributed by atoms with Crippen LogP contribution in [0.5, 0.6) is 0 Å². The second kappa shape index (κ2) is 11.8. The van der Waals surface area contributed by atoms with Gasteiger partial charge < -0.3 is 25.0 Å². The van der Waals surface area contributed by atoms with Gasteiger partial charge in [-0.1, -0.05) is 0 Å². The number of pyridine rings is 3. The van der Waals surface area contributed by atoms with Crippen LogP contribution < -0.4 is 15.2 Å². The van der Waals surface area contributed by atoms with Crippen LogP contribution in [0.3, 0.4) is 0 Å². The average Bonchev–Trinajstić information content (AvgIpc) is 2.94. The molecule has 37 heavy (non-hydrogen) atoms. The lowest BCUT2D eigenvalue weighted by molar-refractivity contribution is 0.188. The highest BCUT2D eigenvalue weighted by molar-refractivity contribution is 5.67. The van der Waals surface area contributed by atoms with Gasteiger partial charge in [-0.15, -0.1) is 0 Å². The van der Waals surface area contributed by atoms with Gasteiger partial charge in [-0.05, 0) is 24.3 Å². The largest absolute Gasteiger partial charge is 0.395 e. The van der Waals surface area contributed by atoms with Crippen LogP contribution in [0, 0.1) is 0 Å². The molecule has 0 atom stereocenters. The predicted octanol–water partition coefficient (Wildman–Crippen LogP) is 0.728. The van der Waals surface area contributed by atoms with Crippen LogP contribution in [-0.2, 0) is 0 Å². The van der Waals surface area contributed by atoms with Crippen LogP contribution in [-0.4, -0.2) is 114 Å². The molecule has 2 aliphatic rings. The predicted molar refractivity (Wildman–Crippen MR) is 145 cm³/mol. The van der Waals surface area contributed by atoms with Gasteiger partial charge in [-0.3, -0.25) is 24.6 Å². The second-order valence-electron chi connectivity index (χ2n) is 9.55. The molecular weight excluding hydrogens is 470 g/mol. The molecule has 3 N–H and O–H groups in total. The number of hydrogen-bond donors (Lipinski definition) is 3. The first-order valence-electron chi connectivity index (χ1n) is 13.0. The Bertz CT molecular complexity index is 1140. The normalized spacial score (nSPS) is 17.4. The second-order valence-corrected chi connectivity index (χ2v) is 9.55. The monoisotopic (exact) mass is 505 g/mol. The number of nitrogens with zero attached hydrogens (tertiary/aromatic N) is 6. The number of rotatable bonds is 8. The Labute approximate surface area is 216 Å². The van der Waals surface area contributed by atoms with E-state index in [1.165, 1.54) is 0 Å². The van der Waals surface area contributed by atoms with Crippen LogP contribution >= 0.6 is 0 Å². The summed E-state index contributed by atoms with van der Waals surface area (Å²) in [7, 11) is 0. The van der Waals surface area contributed by atoms with Crippen LogP contribution in [0.2, 0.25) is 0 Å². The van der Waals surface area contributed by atoms with E-state index >= 15 is 0 Å². The summed E-state index contributed by atoms with van der Waals surface area (Å²) in [6.07, 6.45) is 3.57. The van der Waals surface area contributed by atoms with Crippen molar-refractivity contribution in [3.05, 3.63) is 59.0 Å². The highest BCUT2D eigenvalue weighted by atomic mass is 16.3. The SMILES string of the molecule is O=c1cc(-c2cc(N3CCN(CCO)CC3)ccn2)[nH]c(-c2cc(N3CCN(CCO)CC3)ccn2)c1.